The number of ether oxygens (including phenoxy) is 2. The minimum atomic E-state index is -0.891. The van der Waals surface area contributed by atoms with Gasteiger partial charge in [-0.05, 0) is 62.9 Å². The number of carbonyl (C=O) groups excluding carboxylic acids is 3. The summed E-state index contributed by atoms with van der Waals surface area (Å²) in [7, 11) is 1.70. The molecular weight excluding hydrogens is 717 g/mol. The van der Waals surface area contributed by atoms with Crippen LogP contribution in [0.15, 0.2) is 54.3 Å². The molecule has 55 heavy (non-hydrogen) atoms. The molecule has 13 nitrogen and oxygen atoms in total. The van der Waals surface area contributed by atoms with Gasteiger partial charge in [0.1, 0.15) is 17.9 Å². The number of hydrazine groups is 1. The average molecular weight is 765 g/mol. The average Bonchev–Trinajstić information content (AvgIpc) is 3.99. The highest BCUT2D eigenvalue weighted by Crippen LogP contribution is 2.42. The Morgan fingerprint density at radius 1 is 1.18 bits per heavy atom. The van der Waals surface area contributed by atoms with Gasteiger partial charge >= 0.3 is 5.97 Å². The molecule has 8 rings (SSSR count). The Hall–Kier alpha value is -4.92. The van der Waals surface area contributed by atoms with Crippen LogP contribution in [0.25, 0.3) is 33.4 Å². The van der Waals surface area contributed by atoms with Crippen molar-refractivity contribution in [2.45, 2.75) is 91.1 Å². The minimum Gasteiger partial charge on any atom is -0.464 e. The number of esters is 1. The molecule has 2 amide bonds. The minimum absolute atomic E-state index is 0.178. The maximum Gasteiger partial charge on any atom is 0.324 e. The molecule has 4 atom stereocenters. The molecule has 288 valence electrons. The number of nitrogens with one attached hydrogen (secondary N) is 2. The van der Waals surface area contributed by atoms with Crippen molar-refractivity contribution in [3.8, 4) is 22.5 Å². The molecule has 0 radical (unpaired) electrons. The van der Waals surface area contributed by atoms with Gasteiger partial charge in [-0.15, -0.1) is 11.3 Å². The van der Waals surface area contributed by atoms with E-state index in [9.17, 15) is 14.4 Å². The van der Waals surface area contributed by atoms with Crippen LogP contribution in [0.1, 0.15) is 68.7 Å². The number of pyridine rings is 1. The fraction of sp³-hybridized carbons (Fsp3) is 0.463. The van der Waals surface area contributed by atoms with Gasteiger partial charge in [-0.3, -0.25) is 24.4 Å². The van der Waals surface area contributed by atoms with E-state index in [0.717, 1.165) is 62.1 Å². The number of cyclic esters (lactones) is 1. The van der Waals surface area contributed by atoms with Crippen LogP contribution in [0.3, 0.4) is 0 Å². The van der Waals surface area contributed by atoms with E-state index in [0.29, 0.717) is 38.8 Å². The van der Waals surface area contributed by atoms with Crippen molar-refractivity contribution in [3.05, 3.63) is 76.4 Å². The van der Waals surface area contributed by atoms with E-state index >= 15 is 0 Å². The van der Waals surface area contributed by atoms with Gasteiger partial charge in [-0.25, -0.2) is 15.4 Å². The van der Waals surface area contributed by atoms with Crippen LogP contribution in [-0.4, -0.2) is 79.2 Å². The number of carbonyl (C=O) groups is 3. The first-order valence-electron chi connectivity index (χ1n) is 19.2. The number of aromatic nitrogens is 5. The predicted octanol–water partition coefficient (Wildman–Crippen LogP) is 5.27. The summed E-state index contributed by atoms with van der Waals surface area (Å²) in [6.07, 6.45) is 7.66. The summed E-state index contributed by atoms with van der Waals surface area (Å²) in [5.74, 6) is -0.395. The second-order valence-electron chi connectivity index (χ2n) is 15.7. The maximum absolute atomic E-state index is 14.2. The van der Waals surface area contributed by atoms with E-state index in [4.69, 9.17) is 19.4 Å². The fourth-order valence-corrected chi connectivity index (χ4v) is 9.10. The van der Waals surface area contributed by atoms with Crippen LogP contribution < -0.4 is 10.7 Å². The molecule has 3 aliphatic heterocycles. The summed E-state index contributed by atoms with van der Waals surface area (Å²) >= 11 is 1.47. The predicted molar refractivity (Wildman–Crippen MR) is 209 cm³/mol. The Kier molecular flexibility index (Phi) is 10.1. The molecule has 1 saturated heterocycles. The second kappa shape index (κ2) is 15.0. The topological polar surface area (TPSA) is 145 Å². The van der Waals surface area contributed by atoms with E-state index in [2.05, 4.69) is 65.3 Å². The number of amides is 2. The van der Waals surface area contributed by atoms with E-state index in [1.54, 1.807) is 19.5 Å². The zero-order valence-electron chi connectivity index (χ0n) is 32.0. The van der Waals surface area contributed by atoms with Crippen molar-refractivity contribution >= 4 is 40.0 Å². The summed E-state index contributed by atoms with van der Waals surface area (Å²) < 4.78 is 16.2. The molecule has 2 N–H and O–H groups in total. The fourth-order valence-electron chi connectivity index (χ4n) is 8.25. The van der Waals surface area contributed by atoms with E-state index in [1.165, 1.54) is 16.3 Å². The number of thiazole rings is 1. The molecule has 5 aromatic rings. The lowest BCUT2D eigenvalue weighted by Gasteiger charge is -2.35. The standard InChI is InChI=1S/C41H48N8O5S/c1-6-48-33-12-11-25-17-28(33)29(37(48)27-9-7-13-43-36(27)24(2)53-5)20-41(3,4)23-54-40(52)30-10-8-15-49(46-30)39(51)31(19-35-44-32(25)22-55-35)45-38(50)26-18-34-42-14-16-47(34)21-26/h7,9,11-14,16-17,22,24,26,30-31,46H,6,8,10,15,18-21,23H2,1-5H3,(H,45,50)/t24-,26?,30-,31-/m0/s1. The highest BCUT2D eigenvalue weighted by Gasteiger charge is 2.37. The summed E-state index contributed by atoms with van der Waals surface area (Å²) in [5.41, 5.74) is 9.60. The highest BCUT2D eigenvalue weighted by atomic mass is 32.1. The van der Waals surface area contributed by atoms with E-state index < -0.39 is 23.5 Å². The van der Waals surface area contributed by atoms with Crippen LogP contribution in [0.4, 0.5) is 0 Å². The summed E-state index contributed by atoms with van der Waals surface area (Å²) in [5, 5.41) is 8.39. The zero-order valence-corrected chi connectivity index (χ0v) is 32.8. The van der Waals surface area contributed by atoms with Gasteiger partial charge in [-0.2, -0.15) is 0 Å². The summed E-state index contributed by atoms with van der Waals surface area (Å²) in [4.78, 5) is 55.8. The Morgan fingerprint density at radius 2 is 2.04 bits per heavy atom. The maximum atomic E-state index is 14.2. The van der Waals surface area contributed by atoms with E-state index in [-0.39, 0.29) is 36.9 Å². The first-order chi connectivity index (χ1) is 26.5. The Morgan fingerprint density at radius 3 is 2.84 bits per heavy atom. The number of fused-ring (bicyclic) bond motifs is 7. The van der Waals surface area contributed by atoms with Gasteiger partial charge in [0, 0.05) is 91.0 Å². The molecule has 0 saturated carbocycles. The lowest BCUT2D eigenvalue weighted by molar-refractivity contribution is -0.155. The van der Waals surface area contributed by atoms with Gasteiger partial charge in [-0.1, -0.05) is 19.9 Å². The van der Waals surface area contributed by atoms with Gasteiger partial charge < -0.3 is 23.9 Å². The number of rotatable bonds is 6. The van der Waals surface area contributed by atoms with Crippen LogP contribution in [0.5, 0.6) is 0 Å². The number of methoxy groups -OCH3 is 1. The van der Waals surface area contributed by atoms with Crippen molar-refractivity contribution in [2.75, 3.05) is 20.3 Å². The van der Waals surface area contributed by atoms with Crippen LogP contribution in [-0.2, 0) is 56.2 Å². The van der Waals surface area contributed by atoms with Crippen LogP contribution in [0, 0.1) is 11.3 Å². The van der Waals surface area contributed by atoms with Crippen LogP contribution in [0.2, 0.25) is 0 Å². The largest absolute Gasteiger partial charge is 0.464 e. The molecule has 3 aliphatic rings. The third kappa shape index (κ3) is 7.18. The van der Waals surface area contributed by atoms with E-state index in [1.807, 2.05) is 29.1 Å². The molecule has 6 bridgehead atoms. The third-order valence-corrected chi connectivity index (χ3v) is 12.0. The number of nitrogens with zero attached hydrogens (tertiary/aromatic N) is 6. The molecule has 0 spiro atoms. The molecular formula is C41H48N8O5S. The molecule has 1 fully saturated rings. The van der Waals surface area contributed by atoms with Crippen molar-refractivity contribution < 1.29 is 23.9 Å². The zero-order chi connectivity index (χ0) is 38.4. The highest BCUT2D eigenvalue weighted by molar-refractivity contribution is 7.10. The Bertz CT molecular complexity index is 2240. The number of aryl methyl sites for hydroxylation is 1. The van der Waals surface area contributed by atoms with Crippen LogP contribution >= 0.6 is 11.3 Å². The molecule has 14 heteroatoms. The monoisotopic (exact) mass is 764 g/mol. The normalized spacial score (nSPS) is 21.9. The second-order valence-corrected chi connectivity index (χ2v) is 16.6. The number of hydrogen-bond acceptors (Lipinski definition) is 10. The number of imidazole rings is 1. The SMILES string of the molecule is CCn1c(-c2cccnc2[C@H](C)OC)c2c3cc(ccc31)-c1csc(n1)C[C@H](NC(=O)C1Cc3nccn3C1)C(=O)N1CCC[C@H](N1)C(=O)OCC(C)(C)C2. The molecule has 1 aromatic carbocycles. The number of benzene rings is 1. The Balaban J connectivity index is 1.21. The third-order valence-electron chi connectivity index (χ3n) is 11.2. The first-order valence-corrected chi connectivity index (χ1v) is 20.0. The summed E-state index contributed by atoms with van der Waals surface area (Å²) in [6, 6.07) is 8.94. The van der Waals surface area contributed by atoms with Crippen molar-refractivity contribution in [1.29, 1.82) is 0 Å². The quantitative estimate of drug-likeness (QED) is 0.221. The molecule has 1 unspecified atom stereocenters. The van der Waals surface area contributed by atoms with Crippen molar-refractivity contribution in [3.63, 3.8) is 0 Å². The summed E-state index contributed by atoms with van der Waals surface area (Å²) in [6.45, 7) is 10.2. The first kappa shape index (κ1) is 37.0. The molecule has 0 aliphatic carbocycles. The van der Waals surface area contributed by atoms with Gasteiger partial charge in [0.15, 0.2) is 0 Å². The van der Waals surface area contributed by atoms with Crippen molar-refractivity contribution in [1.82, 2.24) is 39.8 Å². The smallest absolute Gasteiger partial charge is 0.324 e. The van der Waals surface area contributed by atoms with Gasteiger partial charge in [0.05, 0.1) is 40.7 Å². The lowest BCUT2D eigenvalue weighted by Crippen LogP contribution is -2.60. The number of hydrogen-bond donors (Lipinski definition) is 2. The Labute approximate surface area is 324 Å². The van der Waals surface area contributed by atoms with Gasteiger partial charge in [0.25, 0.3) is 5.91 Å². The lowest BCUT2D eigenvalue weighted by atomic mass is 9.84. The van der Waals surface area contributed by atoms with Gasteiger partial charge in [0.2, 0.25) is 5.91 Å². The van der Waals surface area contributed by atoms with Crippen molar-refractivity contribution in [2.24, 2.45) is 11.3 Å². The molecule has 4 aromatic heterocycles. The molecule has 7 heterocycles.